The highest BCUT2D eigenvalue weighted by molar-refractivity contribution is 7.26. The molecule has 0 radical (unpaired) electrons. The minimum absolute atomic E-state index is 0.321. The number of furan rings is 2. The monoisotopic (exact) mass is 741 g/mol. The molecule has 0 atom stereocenters. The highest BCUT2D eigenvalue weighted by Gasteiger charge is 2.19. The minimum Gasteiger partial charge on any atom is -0.456 e. The lowest BCUT2D eigenvalue weighted by Gasteiger charge is -2.09. The van der Waals surface area contributed by atoms with Gasteiger partial charge in [0.2, 0.25) is 0 Å². The van der Waals surface area contributed by atoms with Crippen LogP contribution in [0.5, 0.6) is 0 Å². The van der Waals surface area contributed by atoms with E-state index < -0.39 is 0 Å². The van der Waals surface area contributed by atoms with Crippen molar-refractivity contribution < 1.29 is 8.83 Å². The van der Waals surface area contributed by atoms with E-state index in [0.29, 0.717) is 29.6 Å². The maximum atomic E-state index is 7.06. The van der Waals surface area contributed by atoms with Gasteiger partial charge in [-0.3, -0.25) is 4.99 Å². The number of aliphatic imine (C=N–C) groups is 2. The first kappa shape index (κ1) is 33.5. The maximum Gasteiger partial charge on any atom is 0.161 e. The van der Waals surface area contributed by atoms with Crippen molar-refractivity contribution in [1.29, 1.82) is 0 Å². The first-order chi connectivity index (χ1) is 27.6. The van der Waals surface area contributed by atoms with Crippen LogP contribution in [-0.4, -0.2) is 11.7 Å². The van der Waals surface area contributed by atoms with E-state index in [1.807, 2.05) is 59.9 Å². The molecule has 0 aliphatic heterocycles. The smallest absolute Gasteiger partial charge is 0.161 e. The third-order valence-corrected chi connectivity index (χ3v) is 11.8. The van der Waals surface area contributed by atoms with Gasteiger partial charge in [0.1, 0.15) is 28.3 Å². The lowest BCUT2D eigenvalue weighted by molar-refractivity contribution is 0.603. The zero-order valence-corrected chi connectivity index (χ0v) is 31.2. The Hall–Kier alpha value is -7.02. The van der Waals surface area contributed by atoms with Gasteiger partial charge < -0.3 is 14.6 Å². The fraction of sp³-hybridized carbons (Fsp3) is 0.0400. The summed E-state index contributed by atoms with van der Waals surface area (Å²) in [5.41, 5.74) is 14.1. The number of para-hydroxylation sites is 2. The zero-order chi connectivity index (χ0) is 37.6. The largest absolute Gasteiger partial charge is 0.456 e. The molecule has 0 aliphatic rings. The number of benzene rings is 7. The molecule has 56 heavy (non-hydrogen) atoms. The van der Waals surface area contributed by atoms with Crippen molar-refractivity contribution in [2.24, 2.45) is 15.7 Å². The lowest BCUT2D eigenvalue weighted by atomic mass is 10.0. The maximum absolute atomic E-state index is 7.06. The summed E-state index contributed by atoms with van der Waals surface area (Å²) in [6.45, 7) is 4.49. The van der Waals surface area contributed by atoms with Crippen LogP contribution in [0.25, 0.3) is 76.0 Å². The summed E-state index contributed by atoms with van der Waals surface area (Å²) in [7, 11) is 0. The number of rotatable bonds is 8. The molecule has 10 rings (SSSR count). The Bertz CT molecular complexity index is 3240. The van der Waals surface area contributed by atoms with Gasteiger partial charge in [-0.15, -0.1) is 11.3 Å². The second-order valence-corrected chi connectivity index (χ2v) is 14.9. The number of hydrogen-bond acceptors (Lipinski definition) is 4. The average molecular weight is 742 g/mol. The molecule has 3 heterocycles. The Labute approximate surface area is 327 Å². The quantitative estimate of drug-likeness (QED) is 0.124. The summed E-state index contributed by atoms with van der Waals surface area (Å²) < 4.78 is 15.4. The van der Waals surface area contributed by atoms with E-state index in [-0.39, 0.29) is 0 Å². The molecule has 0 aliphatic carbocycles. The summed E-state index contributed by atoms with van der Waals surface area (Å²) in [6.07, 6.45) is 6.82. The van der Waals surface area contributed by atoms with Crippen LogP contribution in [0, 0.1) is 0 Å². The van der Waals surface area contributed by atoms with Crippen LogP contribution in [0.3, 0.4) is 0 Å². The topological polar surface area (TPSA) is 77.0 Å². The molecule has 268 valence electrons. The summed E-state index contributed by atoms with van der Waals surface area (Å²) in [5, 5.41) is 7.80. The Morgan fingerprint density at radius 2 is 1.32 bits per heavy atom. The normalized spacial score (nSPS) is 12.7. The molecule has 0 saturated heterocycles. The number of fused-ring (bicyclic) bond motifs is 8. The van der Waals surface area contributed by atoms with E-state index in [4.69, 9.17) is 24.6 Å². The Morgan fingerprint density at radius 1 is 0.643 bits per heavy atom. The Morgan fingerprint density at radius 3 is 2.23 bits per heavy atom. The minimum atomic E-state index is 0.321. The van der Waals surface area contributed by atoms with E-state index in [1.54, 1.807) is 6.08 Å². The number of hydrogen-bond donors (Lipinski definition) is 1. The predicted molar refractivity (Wildman–Crippen MR) is 237 cm³/mol. The van der Waals surface area contributed by atoms with Crippen molar-refractivity contribution in [3.8, 4) is 0 Å². The first-order valence-corrected chi connectivity index (χ1v) is 19.5. The van der Waals surface area contributed by atoms with E-state index in [2.05, 4.69) is 116 Å². The SMILES string of the molecule is C=Cc1oc2cccc(/C(N)=N/C(=N\Cc3cccc4ccccc34)c3cccc4c3oc3ccccc34)c2c1/C=C\Cc1cccc2c1sc1ccccc12. The molecule has 0 unspecified atom stereocenters. The zero-order valence-electron chi connectivity index (χ0n) is 30.4. The van der Waals surface area contributed by atoms with Crippen molar-refractivity contribution in [3.63, 3.8) is 0 Å². The molecule has 0 spiro atoms. The molecule has 6 heteroatoms. The molecule has 0 bridgehead atoms. The highest BCUT2D eigenvalue weighted by Crippen LogP contribution is 2.37. The average Bonchev–Trinajstić information content (AvgIpc) is 3.94. The van der Waals surface area contributed by atoms with Gasteiger partial charge in [0.15, 0.2) is 5.84 Å². The molecular formula is C50H35N3O2S. The van der Waals surface area contributed by atoms with Crippen molar-refractivity contribution in [2.75, 3.05) is 0 Å². The summed E-state index contributed by atoms with van der Waals surface area (Å²) in [4.78, 5) is 10.3. The fourth-order valence-electron chi connectivity index (χ4n) is 7.86. The van der Waals surface area contributed by atoms with Crippen LogP contribution in [0.1, 0.15) is 33.6 Å². The third-order valence-electron chi connectivity index (χ3n) is 10.5. The molecule has 0 amide bonds. The molecule has 0 fully saturated rings. The molecule has 3 aromatic heterocycles. The van der Waals surface area contributed by atoms with E-state index >= 15 is 0 Å². The van der Waals surface area contributed by atoms with Crippen molar-refractivity contribution in [2.45, 2.75) is 13.0 Å². The van der Waals surface area contributed by atoms with E-state index in [1.165, 1.54) is 25.7 Å². The van der Waals surface area contributed by atoms with Gasteiger partial charge in [0, 0.05) is 47.5 Å². The van der Waals surface area contributed by atoms with Gasteiger partial charge in [-0.1, -0.05) is 140 Å². The number of amidine groups is 2. The van der Waals surface area contributed by atoms with Crippen LogP contribution < -0.4 is 5.73 Å². The van der Waals surface area contributed by atoms with Gasteiger partial charge in [-0.2, -0.15) is 0 Å². The number of nitrogens with two attached hydrogens (primary N) is 1. The molecule has 7 aromatic carbocycles. The standard InChI is InChI=1S/C50H35N3O2S/c1-2-42-39(24-11-17-32-16-10-23-38-36-21-6-8-29-45(36)56-48(32)38)46-40(25-13-28-44(46)54-42)49(51)53-50(52-30-33-18-9-15-31-14-3-4-19-34(31)33)41-26-12-22-37-35-20-5-7-27-43(35)55-47(37)41/h2-16,18-29H,1,17,30H2,(H2,51,52,53)/b24-11-. The van der Waals surface area contributed by atoms with Gasteiger partial charge >= 0.3 is 0 Å². The second kappa shape index (κ2) is 14.0. The van der Waals surface area contributed by atoms with Crippen LogP contribution >= 0.6 is 11.3 Å². The summed E-state index contributed by atoms with van der Waals surface area (Å²) in [6, 6.07) is 49.9. The lowest BCUT2D eigenvalue weighted by Crippen LogP contribution is -2.17. The van der Waals surface area contributed by atoms with Crippen molar-refractivity contribution in [1.82, 2.24) is 0 Å². The molecule has 5 nitrogen and oxygen atoms in total. The van der Waals surface area contributed by atoms with Gasteiger partial charge in [0.05, 0.1) is 12.1 Å². The third kappa shape index (κ3) is 5.79. The van der Waals surface area contributed by atoms with E-state index in [0.717, 1.165) is 66.8 Å². The second-order valence-electron chi connectivity index (χ2n) is 13.8. The van der Waals surface area contributed by atoms with Crippen LogP contribution in [-0.2, 0) is 13.0 Å². The first-order valence-electron chi connectivity index (χ1n) is 18.6. The van der Waals surface area contributed by atoms with Crippen LogP contribution in [0.15, 0.2) is 177 Å². The Balaban J connectivity index is 1.09. The van der Waals surface area contributed by atoms with Crippen LogP contribution in [0.4, 0.5) is 0 Å². The highest BCUT2D eigenvalue weighted by atomic mass is 32.1. The molecule has 0 saturated carbocycles. The van der Waals surface area contributed by atoms with Crippen LogP contribution in [0.2, 0.25) is 0 Å². The number of thiophene rings is 1. The molecule has 10 aromatic rings. The molecular weight excluding hydrogens is 707 g/mol. The van der Waals surface area contributed by atoms with E-state index in [9.17, 15) is 0 Å². The van der Waals surface area contributed by atoms with Crippen molar-refractivity contribution in [3.05, 3.63) is 192 Å². The number of nitrogens with zero attached hydrogens (tertiary/aromatic N) is 2. The van der Waals surface area contributed by atoms with Gasteiger partial charge in [-0.05, 0) is 58.7 Å². The predicted octanol–water partition coefficient (Wildman–Crippen LogP) is 13.1. The Kier molecular flexibility index (Phi) is 8.38. The van der Waals surface area contributed by atoms with Crippen molar-refractivity contribution >= 4 is 99.0 Å². The van der Waals surface area contributed by atoms with Gasteiger partial charge in [-0.25, -0.2) is 4.99 Å². The summed E-state index contributed by atoms with van der Waals surface area (Å²) >= 11 is 1.84. The number of allylic oxidation sites excluding steroid dienone is 1. The van der Waals surface area contributed by atoms with Gasteiger partial charge in [0.25, 0.3) is 0 Å². The summed E-state index contributed by atoms with van der Waals surface area (Å²) in [5.74, 6) is 1.48. The molecule has 2 N–H and O–H groups in total. The fourth-order valence-corrected chi connectivity index (χ4v) is 9.08.